The summed E-state index contributed by atoms with van der Waals surface area (Å²) in [6.07, 6.45) is 0.623. The fourth-order valence-electron chi connectivity index (χ4n) is 1.57. The highest BCUT2D eigenvalue weighted by Crippen LogP contribution is 2.25. The molecule has 1 aliphatic heterocycles. The number of carboxylic acid groups (broad SMARTS) is 1. The van der Waals surface area contributed by atoms with Crippen LogP contribution in [-0.2, 0) is 9.59 Å². The molecule has 5 heteroatoms. The lowest BCUT2D eigenvalue weighted by Crippen LogP contribution is -2.36. The predicted octanol–water partition coefficient (Wildman–Crippen LogP) is 1.92. The summed E-state index contributed by atoms with van der Waals surface area (Å²) in [6, 6.07) is 0. The van der Waals surface area contributed by atoms with Crippen molar-refractivity contribution < 1.29 is 14.7 Å². The molecule has 16 heavy (non-hydrogen) atoms. The Bertz CT molecular complexity index is 312. The Balaban J connectivity index is 2.59. The Morgan fingerprint density at radius 1 is 1.62 bits per heavy atom. The number of rotatable bonds is 5. The zero-order chi connectivity index (χ0) is 12.1. The van der Waals surface area contributed by atoms with Gasteiger partial charge in [-0.25, -0.2) is 0 Å². The second-order valence-corrected chi connectivity index (χ2v) is 4.91. The topological polar surface area (TPSA) is 57.6 Å². The first-order valence-electron chi connectivity index (χ1n) is 5.36. The monoisotopic (exact) mass is 243 g/mol. The van der Waals surface area contributed by atoms with Crippen LogP contribution >= 0.6 is 11.8 Å². The van der Waals surface area contributed by atoms with Crippen molar-refractivity contribution in [3.8, 4) is 0 Å². The number of carboxylic acids is 1. The molecule has 90 valence electrons. The van der Waals surface area contributed by atoms with Crippen LogP contribution in [0.1, 0.15) is 26.7 Å². The summed E-state index contributed by atoms with van der Waals surface area (Å²) >= 11 is 1.51. The molecule has 1 rings (SSSR count). The quantitative estimate of drug-likeness (QED) is 0.801. The van der Waals surface area contributed by atoms with Crippen LogP contribution in [0.3, 0.4) is 0 Å². The van der Waals surface area contributed by atoms with Crippen LogP contribution < -0.4 is 0 Å². The van der Waals surface area contributed by atoms with Crippen molar-refractivity contribution in [2.75, 3.05) is 12.3 Å². The highest BCUT2D eigenvalue weighted by molar-refractivity contribution is 8.02. The first-order chi connectivity index (χ1) is 7.52. The smallest absolute Gasteiger partial charge is 0.303 e. The molecule has 0 spiro atoms. The van der Waals surface area contributed by atoms with Gasteiger partial charge in [0.1, 0.15) is 0 Å². The zero-order valence-electron chi connectivity index (χ0n) is 9.60. The van der Waals surface area contributed by atoms with Gasteiger partial charge in [-0.15, -0.1) is 11.8 Å². The number of allylic oxidation sites excluding steroid dienone is 1. The van der Waals surface area contributed by atoms with E-state index in [1.54, 1.807) is 4.90 Å². The van der Waals surface area contributed by atoms with Crippen LogP contribution in [-0.4, -0.2) is 34.2 Å². The van der Waals surface area contributed by atoms with Crippen LogP contribution in [0.2, 0.25) is 0 Å². The second kappa shape index (κ2) is 5.94. The molecule has 0 atom stereocenters. The van der Waals surface area contributed by atoms with E-state index >= 15 is 0 Å². The lowest BCUT2D eigenvalue weighted by Gasteiger charge is -2.30. The Labute approximate surface area is 99.7 Å². The number of amides is 1. The van der Waals surface area contributed by atoms with Crippen molar-refractivity contribution in [3.05, 3.63) is 11.1 Å². The van der Waals surface area contributed by atoms with Crippen LogP contribution in [0, 0.1) is 5.92 Å². The van der Waals surface area contributed by atoms with Crippen molar-refractivity contribution in [1.29, 1.82) is 0 Å². The molecule has 0 unspecified atom stereocenters. The molecule has 0 fully saturated rings. The summed E-state index contributed by atoms with van der Waals surface area (Å²) in [5, 5.41) is 10.6. The maximum atomic E-state index is 11.7. The van der Waals surface area contributed by atoms with E-state index in [1.165, 1.54) is 11.8 Å². The summed E-state index contributed by atoms with van der Waals surface area (Å²) in [6.45, 7) is 4.58. The lowest BCUT2D eigenvalue weighted by molar-refractivity contribution is -0.137. The molecule has 0 bridgehead atoms. The third-order valence-corrected chi connectivity index (χ3v) is 3.21. The first-order valence-corrected chi connectivity index (χ1v) is 6.41. The summed E-state index contributed by atoms with van der Waals surface area (Å²) < 4.78 is 0. The third kappa shape index (κ3) is 3.56. The van der Waals surface area contributed by atoms with E-state index in [0.717, 1.165) is 5.70 Å². The van der Waals surface area contributed by atoms with Crippen LogP contribution in [0.4, 0.5) is 0 Å². The zero-order valence-corrected chi connectivity index (χ0v) is 10.4. The highest BCUT2D eigenvalue weighted by Gasteiger charge is 2.23. The summed E-state index contributed by atoms with van der Waals surface area (Å²) in [5.74, 6) is 0.0283. The Morgan fingerprint density at radius 2 is 2.31 bits per heavy atom. The van der Waals surface area contributed by atoms with Crippen LogP contribution in [0.15, 0.2) is 11.1 Å². The molecule has 0 radical (unpaired) electrons. The number of carbonyl (C=O) groups excluding carboxylic acids is 1. The third-order valence-electron chi connectivity index (χ3n) is 2.39. The van der Waals surface area contributed by atoms with E-state index in [4.69, 9.17) is 5.11 Å². The molecule has 0 aromatic heterocycles. The minimum atomic E-state index is -0.811. The first kappa shape index (κ1) is 13.1. The number of carbonyl (C=O) groups is 2. The van der Waals surface area contributed by atoms with Gasteiger partial charge in [0.25, 0.3) is 0 Å². The molecular formula is C11H17NO3S. The Morgan fingerprint density at radius 3 is 2.88 bits per heavy atom. The fraction of sp³-hybridized carbons (Fsp3) is 0.636. The van der Waals surface area contributed by atoms with Crippen molar-refractivity contribution >= 4 is 23.6 Å². The van der Waals surface area contributed by atoms with Crippen molar-refractivity contribution in [1.82, 2.24) is 4.90 Å². The maximum absolute atomic E-state index is 11.7. The minimum Gasteiger partial charge on any atom is -0.481 e. The van der Waals surface area contributed by atoms with E-state index in [1.807, 2.05) is 19.3 Å². The van der Waals surface area contributed by atoms with E-state index in [0.29, 0.717) is 24.6 Å². The molecule has 1 heterocycles. The van der Waals surface area contributed by atoms with Gasteiger partial charge in [0.15, 0.2) is 0 Å². The molecule has 0 aromatic rings. The largest absolute Gasteiger partial charge is 0.481 e. The standard InChI is InChI=1S/C11H17NO3S/c1-8(2)9-6-16-7-10(13)12(9)5-3-4-11(14)15/h6,8H,3-5,7H2,1-2H3,(H,14,15). The van der Waals surface area contributed by atoms with Gasteiger partial charge in [0, 0.05) is 18.7 Å². The average molecular weight is 243 g/mol. The van der Waals surface area contributed by atoms with E-state index in [2.05, 4.69) is 0 Å². The number of hydrogen-bond acceptors (Lipinski definition) is 3. The molecule has 0 aliphatic carbocycles. The van der Waals surface area contributed by atoms with Crippen LogP contribution in [0.25, 0.3) is 0 Å². The molecule has 1 N–H and O–H groups in total. The van der Waals surface area contributed by atoms with Gasteiger partial charge in [-0.1, -0.05) is 13.8 Å². The minimum absolute atomic E-state index is 0.0848. The van der Waals surface area contributed by atoms with Crippen molar-refractivity contribution in [3.63, 3.8) is 0 Å². The van der Waals surface area contributed by atoms with Gasteiger partial charge in [-0.05, 0) is 17.7 Å². The Hall–Kier alpha value is -0.970. The SMILES string of the molecule is CC(C)C1=CSCC(=O)N1CCCC(=O)O. The van der Waals surface area contributed by atoms with Gasteiger partial charge in [0.2, 0.25) is 5.91 Å². The Kier molecular flexibility index (Phi) is 4.86. The van der Waals surface area contributed by atoms with Gasteiger partial charge in [-0.2, -0.15) is 0 Å². The fourth-order valence-corrected chi connectivity index (χ4v) is 2.53. The average Bonchev–Trinajstić information content (AvgIpc) is 2.19. The van der Waals surface area contributed by atoms with Gasteiger partial charge in [0.05, 0.1) is 5.75 Å². The van der Waals surface area contributed by atoms with Gasteiger partial charge < -0.3 is 10.0 Å². The molecule has 0 saturated heterocycles. The molecule has 1 aliphatic rings. The number of aliphatic carboxylic acids is 1. The normalized spacial score (nSPS) is 16.6. The van der Waals surface area contributed by atoms with Gasteiger partial charge in [-0.3, -0.25) is 9.59 Å². The van der Waals surface area contributed by atoms with Gasteiger partial charge >= 0.3 is 5.97 Å². The molecular weight excluding hydrogens is 226 g/mol. The summed E-state index contributed by atoms with van der Waals surface area (Å²) in [7, 11) is 0. The second-order valence-electron chi connectivity index (χ2n) is 4.05. The summed E-state index contributed by atoms with van der Waals surface area (Å²) in [4.78, 5) is 23.8. The highest BCUT2D eigenvalue weighted by atomic mass is 32.2. The van der Waals surface area contributed by atoms with E-state index < -0.39 is 5.97 Å². The van der Waals surface area contributed by atoms with E-state index in [-0.39, 0.29) is 12.3 Å². The molecule has 0 aromatic carbocycles. The van der Waals surface area contributed by atoms with Crippen LogP contribution in [0.5, 0.6) is 0 Å². The number of nitrogens with zero attached hydrogens (tertiary/aromatic N) is 1. The lowest BCUT2D eigenvalue weighted by atomic mass is 10.1. The van der Waals surface area contributed by atoms with E-state index in [9.17, 15) is 9.59 Å². The molecule has 4 nitrogen and oxygen atoms in total. The van der Waals surface area contributed by atoms with Crippen molar-refractivity contribution in [2.45, 2.75) is 26.7 Å². The molecule has 1 amide bonds. The maximum Gasteiger partial charge on any atom is 0.303 e. The molecule has 0 saturated carbocycles. The van der Waals surface area contributed by atoms with Crippen molar-refractivity contribution in [2.24, 2.45) is 5.92 Å². The summed E-state index contributed by atoms with van der Waals surface area (Å²) in [5.41, 5.74) is 1.01. The number of hydrogen-bond donors (Lipinski definition) is 1. The predicted molar refractivity (Wildman–Crippen MR) is 64.0 cm³/mol. The number of thioether (sulfide) groups is 1.